The topological polar surface area (TPSA) is 92.8 Å². The number of rotatable bonds is 6. The number of carbonyl (C=O) groups is 2. The molecule has 1 heterocycles. The number of nitrogens with zero attached hydrogens (tertiary/aromatic N) is 1. The number of sulfonamides is 1. The molecule has 33 heavy (non-hydrogen) atoms. The lowest BCUT2D eigenvalue weighted by Gasteiger charge is -2.34. The van der Waals surface area contributed by atoms with Crippen molar-refractivity contribution in [2.75, 3.05) is 18.4 Å². The van der Waals surface area contributed by atoms with E-state index in [0.717, 1.165) is 17.5 Å². The summed E-state index contributed by atoms with van der Waals surface area (Å²) in [5.41, 5.74) is 2.83. The summed E-state index contributed by atoms with van der Waals surface area (Å²) in [6.45, 7) is 10.4. The van der Waals surface area contributed by atoms with E-state index in [0.29, 0.717) is 30.6 Å². The molecule has 8 heteroatoms. The molecule has 2 aromatic carbocycles. The Morgan fingerprint density at radius 2 is 1.64 bits per heavy atom. The van der Waals surface area contributed by atoms with Crippen LogP contribution in [0.5, 0.6) is 0 Å². The lowest BCUT2D eigenvalue weighted by molar-refractivity contribution is -0.123. The van der Waals surface area contributed by atoms with Crippen molar-refractivity contribution < 1.29 is 22.7 Å². The molecule has 178 valence electrons. The first-order valence-corrected chi connectivity index (χ1v) is 12.6. The third-order valence-corrected chi connectivity index (χ3v) is 7.70. The predicted octanol–water partition coefficient (Wildman–Crippen LogP) is 4.15. The first-order valence-electron chi connectivity index (χ1n) is 11.2. The lowest BCUT2D eigenvalue weighted by atomic mass is 9.94. The van der Waals surface area contributed by atoms with E-state index < -0.39 is 28.0 Å². The van der Waals surface area contributed by atoms with Crippen LogP contribution in [0.2, 0.25) is 0 Å². The van der Waals surface area contributed by atoms with Gasteiger partial charge >= 0.3 is 5.97 Å². The maximum absolute atomic E-state index is 13.0. The minimum atomic E-state index is -3.63. The van der Waals surface area contributed by atoms with E-state index in [-0.39, 0.29) is 10.5 Å². The molecule has 1 N–H and O–H groups in total. The molecule has 0 aliphatic carbocycles. The van der Waals surface area contributed by atoms with Crippen molar-refractivity contribution in [2.24, 2.45) is 11.8 Å². The van der Waals surface area contributed by atoms with Crippen LogP contribution >= 0.6 is 0 Å². The van der Waals surface area contributed by atoms with E-state index in [4.69, 9.17) is 4.74 Å². The Morgan fingerprint density at radius 3 is 2.21 bits per heavy atom. The number of piperidine rings is 1. The molecule has 1 aliphatic rings. The monoisotopic (exact) mass is 472 g/mol. The summed E-state index contributed by atoms with van der Waals surface area (Å²) in [4.78, 5) is 25.1. The number of esters is 1. The second kappa shape index (κ2) is 10.1. The Morgan fingerprint density at radius 1 is 1.03 bits per heavy atom. The van der Waals surface area contributed by atoms with Crippen molar-refractivity contribution in [3.63, 3.8) is 0 Å². The number of ether oxygens (including phenoxy) is 1. The summed E-state index contributed by atoms with van der Waals surface area (Å²) in [6.07, 6.45) is -0.00980. The van der Waals surface area contributed by atoms with Gasteiger partial charge in [0.15, 0.2) is 6.10 Å². The SMILES string of the molecule is Cc1ccc(NC(=O)C(C)OC(=O)c2ccc(S(=O)(=O)N3CC(C)CC(C)C3)cc2)c(C)c1. The Hall–Kier alpha value is -2.71. The standard InChI is InChI=1S/C25H32N2O5S/c1-16-6-11-23(19(4)13-16)26-24(28)20(5)32-25(29)21-7-9-22(10-8-21)33(30,31)27-14-17(2)12-18(3)15-27/h6-11,13,17-18,20H,12,14-15H2,1-5H3,(H,26,28). The molecule has 7 nitrogen and oxygen atoms in total. The van der Waals surface area contributed by atoms with Crippen molar-refractivity contribution in [1.82, 2.24) is 4.31 Å². The van der Waals surface area contributed by atoms with Gasteiger partial charge in [-0.3, -0.25) is 4.79 Å². The van der Waals surface area contributed by atoms with E-state index in [2.05, 4.69) is 19.2 Å². The third-order valence-electron chi connectivity index (χ3n) is 5.86. The van der Waals surface area contributed by atoms with E-state index >= 15 is 0 Å². The molecule has 0 aromatic heterocycles. The zero-order valence-electron chi connectivity index (χ0n) is 19.8. The number of benzene rings is 2. The van der Waals surface area contributed by atoms with Crippen LogP contribution < -0.4 is 5.32 Å². The lowest BCUT2D eigenvalue weighted by Crippen LogP contribution is -2.42. The van der Waals surface area contributed by atoms with Gasteiger partial charge in [0, 0.05) is 18.8 Å². The van der Waals surface area contributed by atoms with Gasteiger partial charge in [0.25, 0.3) is 5.91 Å². The number of hydrogen-bond donors (Lipinski definition) is 1. The summed E-state index contributed by atoms with van der Waals surface area (Å²) < 4.78 is 32.8. The summed E-state index contributed by atoms with van der Waals surface area (Å²) in [6, 6.07) is 11.3. The minimum Gasteiger partial charge on any atom is -0.449 e. The molecule has 0 bridgehead atoms. The summed E-state index contributed by atoms with van der Waals surface area (Å²) in [5, 5.41) is 2.77. The van der Waals surface area contributed by atoms with Crippen LogP contribution in [0.15, 0.2) is 47.4 Å². The summed E-state index contributed by atoms with van der Waals surface area (Å²) >= 11 is 0. The van der Waals surface area contributed by atoms with Crippen molar-refractivity contribution >= 4 is 27.6 Å². The molecule has 0 saturated carbocycles. The molecular formula is C25H32N2O5S. The first kappa shape index (κ1) is 24.9. The van der Waals surface area contributed by atoms with Gasteiger partial charge in [0.05, 0.1) is 10.5 Å². The fourth-order valence-corrected chi connectivity index (χ4v) is 5.86. The van der Waals surface area contributed by atoms with Gasteiger partial charge in [-0.2, -0.15) is 4.31 Å². The maximum atomic E-state index is 13.0. The van der Waals surface area contributed by atoms with Gasteiger partial charge in [-0.1, -0.05) is 31.5 Å². The average Bonchev–Trinajstić information content (AvgIpc) is 2.75. The summed E-state index contributed by atoms with van der Waals surface area (Å²) in [7, 11) is -3.63. The average molecular weight is 473 g/mol. The van der Waals surface area contributed by atoms with Crippen molar-refractivity contribution in [1.29, 1.82) is 0 Å². The summed E-state index contributed by atoms with van der Waals surface area (Å²) in [5.74, 6) is -0.534. The van der Waals surface area contributed by atoms with Gasteiger partial charge < -0.3 is 10.1 Å². The van der Waals surface area contributed by atoms with Crippen LogP contribution in [0.25, 0.3) is 0 Å². The van der Waals surface area contributed by atoms with E-state index in [1.807, 2.05) is 26.0 Å². The Labute approximate surface area is 196 Å². The highest BCUT2D eigenvalue weighted by molar-refractivity contribution is 7.89. The predicted molar refractivity (Wildman–Crippen MR) is 128 cm³/mol. The van der Waals surface area contributed by atoms with Crippen molar-refractivity contribution in [2.45, 2.75) is 52.0 Å². The van der Waals surface area contributed by atoms with Crippen LogP contribution in [0.4, 0.5) is 5.69 Å². The van der Waals surface area contributed by atoms with Crippen LogP contribution in [-0.2, 0) is 19.6 Å². The molecule has 0 radical (unpaired) electrons. The number of nitrogens with one attached hydrogen (secondary N) is 1. The normalized spacial score (nSPS) is 20.2. The number of amides is 1. The molecule has 3 unspecified atom stereocenters. The third kappa shape index (κ3) is 6.00. The molecule has 1 fully saturated rings. The molecular weight excluding hydrogens is 440 g/mol. The maximum Gasteiger partial charge on any atom is 0.338 e. The molecule has 1 aliphatic heterocycles. The highest BCUT2D eigenvalue weighted by Gasteiger charge is 2.31. The highest BCUT2D eigenvalue weighted by Crippen LogP contribution is 2.27. The Kier molecular flexibility index (Phi) is 7.59. The first-order chi connectivity index (χ1) is 15.5. The zero-order chi connectivity index (χ0) is 24.3. The smallest absolute Gasteiger partial charge is 0.338 e. The van der Waals surface area contributed by atoms with E-state index in [9.17, 15) is 18.0 Å². The fraction of sp³-hybridized carbons (Fsp3) is 0.440. The van der Waals surface area contributed by atoms with Crippen molar-refractivity contribution in [3.05, 3.63) is 59.2 Å². The molecule has 2 aromatic rings. The molecule has 1 saturated heterocycles. The number of carbonyl (C=O) groups excluding carboxylic acids is 2. The van der Waals surface area contributed by atoms with Gasteiger partial charge in [-0.25, -0.2) is 13.2 Å². The Balaban J connectivity index is 1.64. The quantitative estimate of drug-likeness (QED) is 0.638. The van der Waals surface area contributed by atoms with Crippen LogP contribution in [0.1, 0.15) is 48.7 Å². The molecule has 3 atom stereocenters. The second-order valence-corrected chi connectivity index (χ2v) is 11.1. The minimum absolute atomic E-state index is 0.140. The second-order valence-electron chi connectivity index (χ2n) is 9.15. The van der Waals surface area contributed by atoms with Gasteiger partial charge in [0.2, 0.25) is 10.0 Å². The number of aryl methyl sites for hydroxylation is 2. The largest absolute Gasteiger partial charge is 0.449 e. The zero-order valence-corrected chi connectivity index (χ0v) is 20.6. The van der Waals surface area contributed by atoms with E-state index in [1.54, 1.807) is 6.07 Å². The van der Waals surface area contributed by atoms with Gasteiger partial charge in [-0.05, 0) is 74.9 Å². The fourth-order valence-electron chi connectivity index (χ4n) is 4.18. The molecule has 0 spiro atoms. The highest BCUT2D eigenvalue weighted by atomic mass is 32.2. The van der Waals surface area contributed by atoms with Gasteiger partial charge in [-0.15, -0.1) is 0 Å². The van der Waals surface area contributed by atoms with Crippen LogP contribution in [0.3, 0.4) is 0 Å². The Bertz CT molecular complexity index is 1120. The number of anilines is 1. The number of hydrogen-bond acceptors (Lipinski definition) is 5. The molecule has 1 amide bonds. The van der Waals surface area contributed by atoms with Crippen molar-refractivity contribution in [3.8, 4) is 0 Å². The molecule has 3 rings (SSSR count). The van der Waals surface area contributed by atoms with Crippen LogP contribution in [0, 0.1) is 25.7 Å². The van der Waals surface area contributed by atoms with E-state index in [1.165, 1.54) is 35.5 Å². The van der Waals surface area contributed by atoms with Crippen LogP contribution in [-0.4, -0.2) is 43.8 Å². The van der Waals surface area contributed by atoms with Gasteiger partial charge in [0.1, 0.15) is 0 Å².